The molecule has 7 heteroatoms. The van der Waals surface area contributed by atoms with E-state index in [4.69, 9.17) is 4.74 Å². The molecule has 0 unspecified atom stereocenters. The summed E-state index contributed by atoms with van der Waals surface area (Å²) in [6.07, 6.45) is -1.06. The van der Waals surface area contributed by atoms with Crippen molar-refractivity contribution in [3.8, 4) is 0 Å². The zero-order valence-electron chi connectivity index (χ0n) is 14.1. The van der Waals surface area contributed by atoms with Crippen LogP contribution in [0.3, 0.4) is 0 Å². The van der Waals surface area contributed by atoms with Crippen molar-refractivity contribution in [1.29, 1.82) is 0 Å². The number of halogens is 3. The smallest absolute Gasteiger partial charge is 0.381 e. The molecule has 1 amide bonds. The monoisotopic (exact) mass is 356 g/mol. The Labute approximate surface area is 145 Å². The summed E-state index contributed by atoms with van der Waals surface area (Å²) in [5, 5.41) is 2.40. The van der Waals surface area contributed by atoms with Crippen LogP contribution in [-0.2, 0) is 15.7 Å². The maximum atomic E-state index is 13.0. The minimum Gasteiger partial charge on any atom is -0.381 e. The van der Waals surface area contributed by atoms with Gasteiger partial charge in [0.25, 0.3) is 0 Å². The molecule has 0 aromatic heterocycles. The predicted molar refractivity (Wildman–Crippen MR) is 88.2 cm³/mol. The fourth-order valence-corrected chi connectivity index (χ4v) is 3.61. The molecule has 2 aliphatic heterocycles. The van der Waals surface area contributed by atoms with E-state index in [9.17, 15) is 18.0 Å². The third-order valence-corrected chi connectivity index (χ3v) is 5.26. The highest BCUT2D eigenvalue weighted by molar-refractivity contribution is 5.91. The number of hydrogen-bond donors (Lipinski definition) is 1. The summed E-state index contributed by atoms with van der Waals surface area (Å²) >= 11 is 0. The predicted octanol–water partition coefficient (Wildman–Crippen LogP) is 3.54. The quantitative estimate of drug-likeness (QED) is 0.897. The van der Waals surface area contributed by atoms with Crippen molar-refractivity contribution in [2.45, 2.75) is 31.9 Å². The molecule has 1 aromatic carbocycles. The summed E-state index contributed by atoms with van der Waals surface area (Å²) in [6, 6.07) is 5.06. The number of likely N-dealkylation sites (tertiary alicyclic amines) is 1. The van der Waals surface area contributed by atoms with Gasteiger partial charge < -0.3 is 15.0 Å². The Morgan fingerprint density at radius 2 is 1.92 bits per heavy atom. The van der Waals surface area contributed by atoms with E-state index in [0.717, 1.165) is 51.6 Å². The van der Waals surface area contributed by atoms with Gasteiger partial charge in [-0.05, 0) is 49.9 Å². The largest absolute Gasteiger partial charge is 0.418 e. The molecule has 0 bridgehead atoms. The van der Waals surface area contributed by atoms with Crippen LogP contribution in [0.5, 0.6) is 0 Å². The van der Waals surface area contributed by atoms with E-state index in [-0.39, 0.29) is 18.0 Å². The maximum absolute atomic E-state index is 13.0. The van der Waals surface area contributed by atoms with Crippen molar-refractivity contribution in [2.24, 2.45) is 5.41 Å². The maximum Gasteiger partial charge on any atom is 0.418 e. The first-order valence-corrected chi connectivity index (χ1v) is 8.64. The highest BCUT2D eigenvalue weighted by Crippen LogP contribution is 2.39. The van der Waals surface area contributed by atoms with E-state index in [2.05, 4.69) is 10.2 Å². The number of benzene rings is 1. The van der Waals surface area contributed by atoms with E-state index in [1.54, 1.807) is 0 Å². The molecule has 0 saturated carbocycles. The molecular formula is C18H23F3N2O2. The average Bonchev–Trinajstić information content (AvgIpc) is 3.02. The van der Waals surface area contributed by atoms with E-state index >= 15 is 0 Å². The SMILES string of the molecule is O=C(CCN1CCC2(CCOC2)CC1)Nc1ccccc1C(F)(F)F. The van der Waals surface area contributed by atoms with Crippen LogP contribution < -0.4 is 5.32 Å². The Balaban J connectivity index is 1.48. The van der Waals surface area contributed by atoms with Gasteiger partial charge in [-0.25, -0.2) is 0 Å². The van der Waals surface area contributed by atoms with Crippen molar-refractivity contribution in [3.05, 3.63) is 29.8 Å². The normalized spacial score (nSPS) is 20.8. The molecule has 0 radical (unpaired) electrons. The minimum absolute atomic E-state index is 0.180. The lowest BCUT2D eigenvalue weighted by atomic mass is 9.78. The highest BCUT2D eigenvalue weighted by Gasteiger charge is 2.38. The first-order chi connectivity index (χ1) is 11.9. The molecule has 0 aliphatic carbocycles. The van der Waals surface area contributed by atoms with E-state index in [1.165, 1.54) is 18.2 Å². The van der Waals surface area contributed by atoms with Gasteiger partial charge in [0.2, 0.25) is 5.91 Å². The third-order valence-electron chi connectivity index (χ3n) is 5.26. The number of rotatable bonds is 4. The van der Waals surface area contributed by atoms with Crippen molar-refractivity contribution < 1.29 is 22.7 Å². The molecule has 3 rings (SSSR count). The summed E-state index contributed by atoms with van der Waals surface area (Å²) in [6.45, 7) is 4.05. The fraction of sp³-hybridized carbons (Fsp3) is 0.611. The molecule has 1 aromatic rings. The number of nitrogens with zero attached hydrogens (tertiary/aromatic N) is 1. The number of amides is 1. The van der Waals surface area contributed by atoms with Crippen molar-refractivity contribution in [1.82, 2.24) is 4.90 Å². The van der Waals surface area contributed by atoms with Gasteiger partial charge in [-0.15, -0.1) is 0 Å². The van der Waals surface area contributed by atoms with E-state index in [0.29, 0.717) is 12.0 Å². The molecule has 2 aliphatic rings. The molecule has 2 saturated heterocycles. The summed E-state index contributed by atoms with van der Waals surface area (Å²) in [5.41, 5.74) is -0.685. The Morgan fingerprint density at radius 1 is 1.20 bits per heavy atom. The van der Waals surface area contributed by atoms with Crippen molar-refractivity contribution in [2.75, 3.05) is 38.2 Å². The van der Waals surface area contributed by atoms with Crippen LogP contribution in [0.2, 0.25) is 0 Å². The van der Waals surface area contributed by atoms with Gasteiger partial charge in [0.15, 0.2) is 0 Å². The summed E-state index contributed by atoms with van der Waals surface area (Å²) in [5.74, 6) is -0.388. The van der Waals surface area contributed by atoms with Gasteiger partial charge in [0.05, 0.1) is 17.9 Å². The van der Waals surface area contributed by atoms with Crippen LogP contribution in [0, 0.1) is 5.41 Å². The van der Waals surface area contributed by atoms with E-state index in [1.807, 2.05) is 0 Å². The fourth-order valence-electron chi connectivity index (χ4n) is 3.61. The van der Waals surface area contributed by atoms with Crippen LogP contribution in [-0.4, -0.2) is 43.7 Å². The number of hydrogen-bond acceptors (Lipinski definition) is 3. The zero-order valence-corrected chi connectivity index (χ0v) is 14.1. The molecule has 1 N–H and O–H groups in total. The lowest BCUT2D eigenvalue weighted by Gasteiger charge is -2.38. The van der Waals surface area contributed by atoms with Crippen LogP contribution in [0.25, 0.3) is 0 Å². The summed E-state index contributed by atoms with van der Waals surface area (Å²) < 4.78 is 44.4. The topological polar surface area (TPSA) is 41.6 Å². The second-order valence-electron chi connectivity index (χ2n) is 6.99. The van der Waals surface area contributed by atoms with Crippen LogP contribution in [0.1, 0.15) is 31.2 Å². The molecule has 2 fully saturated rings. The minimum atomic E-state index is -4.48. The molecule has 138 valence electrons. The lowest BCUT2D eigenvalue weighted by Crippen LogP contribution is -2.41. The third kappa shape index (κ3) is 4.52. The number of carbonyl (C=O) groups excluding carboxylic acids is 1. The van der Waals surface area contributed by atoms with Crippen LogP contribution in [0.4, 0.5) is 18.9 Å². The number of nitrogens with one attached hydrogen (secondary N) is 1. The lowest BCUT2D eigenvalue weighted by molar-refractivity contribution is -0.137. The summed E-state index contributed by atoms with van der Waals surface area (Å²) in [4.78, 5) is 14.3. The summed E-state index contributed by atoms with van der Waals surface area (Å²) in [7, 11) is 0. The van der Waals surface area contributed by atoms with Gasteiger partial charge in [-0.1, -0.05) is 12.1 Å². The Bertz CT molecular complexity index is 603. The Hall–Kier alpha value is -1.60. The zero-order chi connectivity index (χ0) is 17.9. The number of ether oxygens (including phenoxy) is 1. The molecular weight excluding hydrogens is 333 g/mol. The van der Waals surface area contributed by atoms with Gasteiger partial charge >= 0.3 is 6.18 Å². The Kier molecular flexibility index (Phi) is 5.34. The van der Waals surface area contributed by atoms with Gasteiger partial charge in [-0.2, -0.15) is 13.2 Å². The molecule has 1 spiro atoms. The van der Waals surface area contributed by atoms with Crippen LogP contribution >= 0.6 is 0 Å². The first-order valence-electron chi connectivity index (χ1n) is 8.64. The standard InChI is InChI=1S/C18H23F3N2O2/c19-18(20,21)14-3-1-2-4-15(14)22-16(24)5-9-23-10-6-17(7-11-23)8-12-25-13-17/h1-4H,5-13H2,(H,22,24). The number of carbonyl (C=O) groups is 1. The molecule has 2 heterocycles. The number of alkyl halides is 3. The van der Waals surface area contributed by atoms with E-state index < -0.39 is 11.7 Å². The first kappa shape index (κ1) is 18.2. The van der Waals surface area contributed by atoms with Gasteiger partial charge in [-0.3, -0.25) is 4.79 Å². The second-order valence-corrected chi connectivity index (χ2v) is 6.99. The van der Waals surface area contributed by atoms with Crippen molar-refractivity contribution in [3.63, 3.8) is 0 Å². The highest BCUT2D eigenvalue weighted by atomic mass is 19.4. The average molecular weight is 356 g/mol. The molecule has 0 atom stereocenters. The van der Waals surface area contributed by atoms with Crippen molar-refractivity contribution >= 4 is 11.6 Å². The molecule has 4 nitrogen and oxygen atoms in total. The van der Waals surface area contributed by atoms with Gasteiger partial charge in [0, 0.05) is 19.6 Å². The number of para-hydroxylation sites is 1. The number of piperidine rings is 1. The van der Waals surface area contributed by atoms with Gasteiger partial charge in [0.1, 0.15) is 0 Å². The molecule has 25 heavy (non-hydrogen) atoms. The number of anilines is 1. The second kappa shape index (κ2) is 7.33. The Morgan fingerprint density at radius 3 is 2.56 bits per heavy atom. The van der Waals surface area contributed by atoms with Crippen LogP contribution in [0.15, 0.2) is 24.3 Å².